The number of fused-ring (bicyclic) bond motifs is 2. The number of hydrogen-bond donors (Lipinski definition) is 4. The Kier molecular flexibility index (Phi) is 13.6. The maximum absolute atomic E-state index is 12.4. The van der Waals surface area contributed by atoms with Crippen molar-refractivity contribution < 1.29 is 20.4 Å². The molecule has 0 bridgehead atoms. The van der Waals surface area contributed by atoms with Crippen LogP contribution < -0.4 is 0 Å². The van der Waals surface area contributed by atoms with Crippen molar-refractivity contribution in [1.82, 2.24) is 0 Å². The Labute approximate surface area is 424 Å². The van der Waals surface area contributed by atoms with Gasteiger partial charge in [0, 0.05) is 69.4 Å². The van der Waals surface area contributed by atoms with Gasteiger partial charge in [-0.15, -0.1) is 0 Å². The summed E-state index contributed by atoms with van der Waals surface area (Å²) in [6.07, 6.45) is 6.63. The van der Waals surface area contributed by atoms with Gasteiger partial charge in [-0.1, -0.05) is 168 Å². The van der Waals surface area contributed by atoms with Crippen molar-refractivity contribution in [2.45, 2.75) is 105 Å². The predicted molar refractivity (Wildman–Crippen MR) is 303 cm³/mol. The third kappa shape index (κ3) is 10.6. The van der Waals surface area contributed by atoms with Gasteiger partial charge in [-0.3, -0.25) is 20.0 Å². The van der Waals surface area contributed by atoms with Crippen LogP contribution in [0.25, 0.3) is 32.7 Å². The lowest BCUT2D eigenvalue weighted by molar-refractivity contribution is 0.443. The number of phenolic OH excluding ortho intramolecular Hbond substituents is 4. The number of nitrogens with zero attached hydrogens (tertiary/aromatic N) is 4. The van der Waals surface area contributed by atoms with Crippen LogP contribution in [0.5, 0.6) is 23.0 Å². The highest BCUT2D eigenvalue weighted by molar-refractivity contribution is 6.14. The molecule has 0 atom stereocenters. The quantitative estimate of drug-likeness (QED) is 0.107. The molecule has 0 heterocycles. The van der Waals surface area contributed by atoms with Gasteiger partial charge in [0.15, 0.2) is 0 Å². The zero-order valence-electron chi connectivity index (χ0n) is 43.6. The standard InChI is InChI=1S/C64H66N4O4/c1-61(2,3)45-31-43(57(69)49(33-45)63(7,8)9)37-67-53-27-19-17-25-51(53)65-35-41-29-39-21-13-15-23-47(39)55(59(41)71)56-48-24-16-14-22-40(48)30-42(60(56)72)36-66-52-26-18-20-28-54(52)68-38-44-32-46(62(4,5)6)34-50(58(44)70)64(10,11)12/h13-38,69-72H,1-12H3. The van der Waals surface area contributed by atoms with Gasteiger partial charge in [0.25, 0.3) is 0 Å². The summed E-state index contributed by atoms with van der Waals surface area (Å²) in [5, 5.41) is 51.0. The van der Waals surface area contributed by atoms with Crippen LogP contribution in [0.1, 0.15) is 128 Å². The van der Waals surface area contributed by atoms with E-state index >= 15 is 0 Å². The lowest BCUT2D eigenvalue weighted by atomic mass is 9.79. The molecule has 72 heavy (non-hydrogen) atoms. The molecule has 0 fully saturated rings. The topological polar surface area (TPSA) is 130 Å². The second-order valence-corrected chi connectivity index (χ2v) is 22.8. The number of aliphatic imine (C=N–C) groups is 4. The molecule has 8 aromatic carbocycles. The smallest absolute Gasteiger partial charge is 0.132 e. The summed E-state index contributed by atoms with van der Waals surface area (Å²) in [7, 11) is 0. The van der Waals surface area contributed by atoms with Crippen molar-refractivity contribution in [1.29, 1.82) is 0 Å². The number of para-hydroxylation sites is 4. The number of phenols is 4. The fraction of sp³-hybridized carbons (Fsp3) is 0.250. The fourth-order valence-electron chi connectivity index (χ4n) is 8.86. The predicted octanol–water partition coefficient (Wildman–Crippen LogP) is 16.7. The highest BCUT2D eigenvalue weighted by atomic mass is 16.3. The van der Waals surface area contributed by atoms with Gasteiger partial charge >= 0.3 is 0 Å². The molecular formula is C64H66N4O4. The summed E-state index contributed by atoms with van der Waals surface area (Å²) in [5.74, 6) is 0.285. The zero-order valence-corrected chi connectivity index (χ0v) is 43.6. The average molecular weight is 955 g/mol. The minimum atomic E-state index is -0.291. The molecule has 4 N–H and O–H groups in total. The Morgan fingerprint density at radius 2 is 0.597 bits per heavy atom. The first kappa shape index (κ1) is 50.5. The summed E-state index contributed by atoms with van der Waals surface area (Å²) in [4.78, 5) is 19.5. The maximum atomic E-state index is 12.4. The van der Waals surface area contributed by atoms with E-state index in [-0.39, 0.29) is 44.7 Å². The Balaban J connectivity index is 1.20. The normalized spacial score (nSPS) is 13.0. The van der Waals surface area contributed by atoms with Crippen molar-refractivity contribution in [3.8, 4) is 34.1 Å². The van der Waals surface area contributed by atoms with E-state index in [1.165, 1.54) is 0 Å². The average Bonchev–Trinajstić information content (AvgIpc) is 3.31. The molecule has 0 aliphatic rings. The molecular weight excluding hydrogens is 889 g/mol. The SMILES string of the molecule is CC(C)(C)c1cc(C=Nc2ccccc2N=Cc2cc3ccccc3c(-c3c(O)c(C=Nc4ccccc4N=Cc4cc(C(C)(C)C)cc(C(C)(C)C)c4O)cc4ccccc34)c2O)c(O)c(C(C)(C)C)c1. The molecule has 0 saturated carbocycles. The second-order valence-electron chi connectivity index (χ2n) is 22.8. The lowest BCUT2D eigenvalue weighted by Crippen LogP contribution is -2.17. The first-order chi connectivity index (χ1) is 33.9. The largest absolute Gasteiger partial charge is 0.507 e. The van der Waals surface area contributed by atoms with E-state index in [4.69, 9.17) is 20.0 Å². The van der Waals surface area contributed by atoms with Gasteiger partial charge in [0.05, 0.1) is 22.7 Å². The Hall–Kier alpha value is -7.84. The molecule has 0 aliphatic carbocycles. The van der Waals surface area contributed by atoms with Crippen molar-refractivity contribution in [2.75, 3.05) is 0 Å². The summed E-state index contributed by atoms with van der Waals surface area (Å²) < 4.78 is 0. The third-order valence-electron chi connectivity index (χ3n) is 13.1. The molecule has 0 radical (unpaired) electrons. The van der Waals surface area contributed by atoms with E-state index in [0.29, 0.717) is 56.1 Å². The molecule has 0 aromatic heterocycles. The number of rotatable bonds is 9. The van der Waals surface area contributed by atoms with Crippen LogP contribution in [0.2, 0.25) is 0 Å². The maximum Gasteiger partial charge on any atom is 0.132 e. The molecule has 0 aliphatic heterocycles. The highest BCUT2D eigenvalue weighted by Gasteiger charge is 2.27. The van der Waals surface area contributed by atoms with Gasteiger partial charge in [-0.2, -0.15) is 0 Å². The van der Waals surface area contributed by atoms with Crippen LogP contribution in [-0.2, 0) is 21.7 Å². The van der Waals surface area contributed by atoms with Crippen LogP contribution in [-0.4, -0.2) is 45.3 Å². The van der Waals surface area contributed by atoms with E-state index in [1.54, 1.807) is 24.9 Å². The van der Waals surface area contributed by atoms with Gasteiger partial charge in [0.2, 0.25) is 0 Å². The zero-order chi connectivity index (χ0) is 51.9. The van der Waals surface area contributed by atoms with Crippen molar-refractivity contribution in [3.63, 3.8) is 0 Å². The van der Waals surface area contributed by atoms with Gasteiger partial charge in [-0.05, 0) is 103 Å². The van der Waals surface area contributed by atoms with Crippen LogP contribution >= 0.6 is 0 Å². The molecule has 0 unspecified atom stereocenters. The van der Waals surface area contributed by atoms with Crippen LogP contribution in [0.4, 0.5) is 22.7 Å². The van der Waals surface area contributed by atoms with Crippen molar-refractivity contribution >= 4 is 69.2 Å². The first-order valence-electron chi connectivity index (χ1n) is 24.5. The summed E-state index contributed by atoms with van der Waals surface area (Å²) in [6, 6.07) is 42.5. The summed E-state index contributed by atoms with van der Waals surface area (Å²) in [5.41, 5.74) is 8.32. The second kappa shape index (κ2) is 19.4. The van der Waals surface area contributed by atoms with Crippen LogP contribution in [0.3, 0.4) is 0 Å². The molecule has 366 valence electrons. The van der Waals surface area contributed by atoms with E-state index in [9.17, 15) is 20.4 Å². The van der Waals surface area contributed by atoms with E-state index in [2.05, 4.69) is 95.2 Å². The number of benzene rings is 8. The summed E-state index contributed by atoms with van der Waals surface area (Å²) >= 11 is 0. The van der Waals surface area contributed by atoms with Gasteiger partial charge in [0.1, 0.15) is 23.0 Å². The van der Waals surface area contributed by atoms with E-state index in [0.717, 1.165) is 43.8 Å². The number of aromatic hydroxyl groups is 4. The molecule has 8 rings (SSSR count). The number of hydrogen-bond acceptors (Lipinski definition) is 8. The minimum Gasteiger partial charge on any atom is -0.507 e. The fourth-order valence-corrected chi connectivity index (χ4v) is 8.86. The highest BCUT2D eigenvalue weighted by Crippen LogP contribution is 2.48. The molecule has 0 amide bonds. The van der Waals surface area contributed by atoms with E-state index in [1.807, 2.05) is 121 Å². The van der Waals surface area contributed by atoms with E-state index < -0.39 is 0 Å². The molecule has 8 aromatic rings. The van der Waals surface area contributed by atoms with Crippen molar-refractivity contribution in [3.05, 3.63) is 178 Å². The van der Waals surface area contributed by atoms with Crippen LogP contribution in [0, 0.1) is 0 Å². The Morgan fingerprint density at radius 3 is 0.889 bits per heavy atom. The third-order valence-corrected chi connectivity index (χ3v) is 13.1. The van der Waals surface area contributed by atoms with Gasteiger partial charge < -0.3 is 20.4 Å². The minimum absolute atomic E-state index is 0.0558. The summed E-state index contributed by atoms with van der Waals surface area (Å²) in [6.45, 7) is 25.5. The first-order valence-corrected chi connectivity index (χ1v) is 24.5. The Bertz CT molecular complexity index is 3260. The van der Waals surface area contributed by atoms with Crippen LogP contribution in [0.15, 0.2) is 153 Å². The monoisotopic (exact) mass is 955 g/mol. The molecule has 0 saturated heterocycles. The molecule has 8 heteroatoms. The lowest BCUT2D eigenvalue weighted by Gasteiger charge is -2.27. The molecule has 8 nitrogen and oxygen atoms in total. The molecule has 0 spiro atoms. The van der Waals surface area contributed by atoms with Gasteiger partial charge in [-0.25, -0.2) is 0 Å². The van der Waals surface area contributed by atoms with Crippen molar-refractivity contribution in [2.24, 2.45) is 20.0 Å². The Morgan fingerprint density at radius 1 is 0.319 bits per heavy atom.